The number of ether oxygens (including phenoxy) is 1. The van der Waals surface area contributed by atoms with E-state index in [1.807, 2.05) is 37.3 Å². The molecule has 2 rings (SSSR count). The summed E-state index contributed by atoms with van der Waals surface area (Å²) in [6, 6.07) is 13.0. The first kappa shape index (κ1) is 16.0. The van der Waals surface area contributed by atoms with Crippen LogP contribution in [0.4, 0.5) is 0 Å². The number of carbonyl (C=O) groups excluding carboxylic acids is 1. The fourth-order valence-corrected chi connectivity index (χ4v) is 2.90. The smallest absolute Gasteiger partial charge is 0.251 e. The summed E-state index contributed by atoms with van der Waals surface area (Å²) in [6.07, 6.45) is 0. The van der Waals surface area contributed by atoms with E-state index in [2.05, 4.69) is 37.2 Å². The zero-order valence-corrected chi connectivity index (χ0v) is 14.9. The fourth-order valence-electron chi connectivity index (χ4n) is 1.94. The van der Waals surface area contributed by atoms with Crippen molar-refractivity contribution in [2.45, 2.75) is 13.0 Å². The molecule has 0 aliphatic heterocycles. The van der Waals surface area contributed by atoms with Gasteiger partial charge in [0.25, 0.3) is 5.91 Å². The molecule has 5 heteroatoms. The second-order valence-electron chi connectivity index (χ2n) is 4.60. The molecule has 0 saturated carbocycles. The van der Waals surface area contributed by atoms with Gasteiger partial charge in [0.05, 0.1) is 17.6 Å². The first-order valence-corrected chi connectivity index (χ1v) is 7.99. The van der Waals surface area contributed by atoms with Gasteiger partial charge in [0, 0.05) is 10.0 Å². The summed E-state index contributed by atoms with van der Waals surface area (Å²) in [5, 5.41) is 2.98. The van der Waals surface area contributed by atoms with E-state index in [4.69, 9.17) is 4.74 Å². The van der Waals surface area contributed by atoms with Gasteiger partial charge in [-0.15, -0.1) is 0 Å². The highest BCUT2D eigenvalue weighted by Gasteiger charge is 2.13. The minimum atomic E-state index is -0.101. The van der Waals surface area contributed by atoms with Gasteiger partial charge >= 0.3 is 0 Å². The molecule has 3 nitrogen and oxygen atoms in total. The SMILES string of the molecule is COc1ccc([C@@H](C)NC(=O)c2cccc(Br)c2)cc1Br. The van der Waals surface area contributed by atoms with Gasteiger partial charge in [0.15, 0.2) is 0 Å². The van der Waals surface area contributed by atoms with Gasteiger partial charge in [-0.2, -0.15) is 0 Å². The molecule has 110 valence electrons. The maximum absolute atomic E-state index is 12.2. The van der Waals surface area contributed by atoms with E-state index < -0.39 is 0 Å². The molecular weight excluding hydrogens is 398 g/mol. The number of carbonyl (C=O) groups is 1. The van der Waals surface area contributed by atoms with E-state index in [0.717, 1.165) is 20.3 Å². The summed E-state index contributed by atoms with van der Waals surface area (Å²) >= 11 is 6.82. The molecule has 21 heavy (non-hydrogen) atoms. The highest BCUT2D eigenvalue weighted by atomic mass is 79.9. The van der Waals surface area contributed by atoms with Crippen LogP contribution in [0.3, 0.4) is 0 Å². The summed E-state index contributed by atoms with van der Waals surface area (Å²) in [7, 11) is 1.62. The first-order valence-electron chi connectivity index (χ1n) is 6.41. The maximum atomic E-state index is 12.2. The summed E-state index contributed by atoms with van der Waals surface area (Å²) in [5.41, 5.74) is 1.63. The van der Waals surface area contributed by atoms with Crippen LogP contribution in [-0.4, -0.2) is 13.0 Å². The molecule has 2 aromatic rings. The Labute approximate surface area is 141 Å². The molecule has 1 atom stereocenters. The normalized spacial score (nSPS) is 11.8. The second kappa shape index (κ2) is 7.09. The Hall–Kier alpha value is -1.33. The van der Waals surface area contributed by atoms with Gasteiger partial charge in [-0.25, -0.2) is 0 Å². The van der Waals surface area contributed by atoms with Crippen molar-refractivity contribution >= 4 is 37.8 Å². The third-order valence-electron chi connectivity index (χ3n) is 3.11. The van der Waals surface area contributed by atoms with E-state index in [1.54, 1.807) is 19.2 Å². The van der Waals surface area contributed by atoms with E-state index in [9.17, 15) is 4.79 Å². The molecule has 0 unspecified atom stereocenters. The van der Waals surface area contributed by atoms with E-state index in [-0.39, 0.29) is 11.9 Å². The lowest BCUT2D eigenvalue weighted by atomic mass is 10.1. The molecule has 0 saturated heterocycles. The molecule has 0 aliphatic carbocycles. The molecule has 1 N–H and O–H groups in total. The van der Waals surface area contributed by atoms with Crippen molar-refractivity contribution in [3.63, 3.8) is 0 Å². The Balaban J connectivity index is 2.12. The Morgan fingerprint density at radius 2 is 1.95 bits per heavy atom. The fraction of sp³-hybridized carbons (Fsp3) is 0.188. The average molecular weight is 413 g/mol. The lowest BCUT2D eigenvalue weighted by molar-refractivity contribution is 0.0940. The van der Waals surface area contributed by atoms with Crippen molar-refractivity contribution in [3.05, 3.63) is 62.5 Å². The number of nitrogens with one attached hydrogen (secondary N) is 1. The number of halogens is 2. The molecule has 1 amide bonds. The molecule has 0 aromatic heterocycles. The third-order valence-corrected chi connectivity index (χ3v) is 4.22. The Bertz CT molecular complexity index is 658. The van der Waals surface area contributed by atoms with Crippen LogP contribution in [-0.2, 0) is 0 Å². The summed E-state index contributed by atoms with van der Waals surface area (Å²) in [6.45, 7) is 1.95. The highest BCUT2D eigenvalue weighted by molar-refractivity contribution is 9.10. The van der Waals surface area contributed by atoms with Crippen LogP contribution in [0, 0.1) is 0 Å². The quantitative estimate of drug-likeness (QED) is 0.789. The molecule has 0 radical (unpaired) electrons. The predicted molar refractivity (Wildman–Crippen MR) is 90.7 cm³/mol. The monoisotopic (exact) mass is 411 g/mol. The number of benzene rings is 2. The number of hydrogen-bond donors (Lipinski definition) is 1. The molecule has 0 aliphatic rings. The van der Waals surface area contributed by atoms with Crippen molar-refractivity contribution < 1.29 is 9.53 Å². The van der Waals surface area contributed by atoms with Crippen molar-refractivity contribution in [2.24, 2.45) is 0 Å². The van der Waals surface area contributed by atoms with Crippen molar-refractivity contribution in [2.75, 3.05) is 7.11 Å². The van der Waals surface area contributed by atoms with E-state index in [1.165, 1.54) is 0 Å². The van der Waals surface area contributed by atoms with Crippen LogP contribution in [0.5, 0.6) is 5.75 Å². The van der Waals surface area contributed by atoms with Crippen LogP contribution in [0.1, 0.15) is 28.9 Å². The molecule has 0 heterocycles. The molecule has 2 aromatic carbocycles. The number of hydrogen-bond acceptors (Lipinski definition) is 2. The van der Waals surface area contributed by atoms with Gasteiger partial charge in [0.1, 0.15) is 5.75 Å². The Kier molecular flexibility index (Phi) is 5.42. The van der Waals surface area contributed by atoms with Gasteiger partial charge in [-0.3, -0.25) is 4.79 Å². The van der Waals surface area contributed by atoms with Crippen LogP contribution < -0.4 is 10.1 Å². The maximum Gasteiger partial charge on any atom is 0.251 e. The van der Waals surface area contributed by atoms with Gasteiger partial charge in [0.2, 0.25) is 0 Å². The van der Waals surface area contributed by atoms with Gasteiger partial charge < -0.3 is 10.1 Å². The van der Waals surface area contributed by atoms with Crippen LogP contribution in [0.2, 0.25) is 0 Å². The average Bonchev–Trinajstić information content (AvgIpc) is 2.47. The molecular formula is C16H15Br2NO2. The van der Waals surface area contributed by atoms with Crippen molar-refractivity contribution in [3.8, 4) is 5.75 Å². The van der Waals surface area contributed by atoms with Crippen LogP contribution >= 0.6 is 31.9 Å². The van der Waals surface area contributed by atoms with Crippen LogP contribution in [0.25, 0.3) is 0 Å². The number of methoxy groups -OCH3 is 1. The molecule has 0 spiro atoms. The van der Waals surface area contributed by atoms with Gasteiger partial charge in [-0.1, -0.05) is 28.1 Å². The zero-order chi connectivity index (χ0) is 15.4. The number of amides is 1. The standard InChI is InChI=1S/C16H15Br2NO2/c1-10(11-6-7-15(21-2)14(18)9-11)19-16(20)12-4-3-5-13(17)8-12/h3-10H,1-2H3,(H,19,20)/t10-/m1/s1. The summed E-state index contributed by atoms with van der Waals surface area (Å²) in [4.78, 5) is 12.2. The zero-order valence-electron chi connectivity index (χ0n) is 11.7. The Morgan fingerprint density at radius 1 is 1.19 bits per heavy atom. The topological polar surface area (TPSA) is 38.3 Å². The second-order valence-corrected chi connectivity index (χ2v) is 6.37. The van der Waals surface area contributed by atoms with E-state index in [0.29, 0.717) is 5.56 Å². The predicted octanol–water partition coefficient (Wildman–Crippen LogP) is 4.71. The summed E-state index contributed by atoms with van der Waals surface area (Å²) < 4.78 is 6.95. The molecule has 0 bridgehead atoms. The van der Waals surface area contributed by atoms with Gasteiger partial charge in [-0.05, 0) is 58.7 Å². The lowest BCUT2D eigenvalue weighted by Crippen LogP contribution is -2.26. The third kappa shape index (κ3) is 4.08. The molecule has 0 fully saturated rings. The number of rotatable bonds is 4. The highest BCUT2D eigenvalue weighted by Crippen LogP contribution is 2.28. The Morgan fingerprint density at radius 3 is 2.57 bits per heavy atom. The minimum absolute atomic E-state index is 0.0984. The lowest BCUT2D eigenvalue weighted by Gasteiger charge is -2.16. The largest absolute Gasteiger partial charge is 0.496 e. The van der Waals surface area contributed by atoms with E-state index >= 15 is 0 Å². The first-order chi connectivity index (χ1) is 10.0. The summed E-state index contributed by atoms with van der Waals surface area (Å²) in [5.74, 6) is 0.667. The van der Waals surface area contributed by atoms with Crippen LogP contribution in [0.15, 0.2) is 51.4 Å². The van der Waals surface area contributed by atoms with Crippen molar-refractivity contribution in [1.82, 2.24) is 5.32 Å². The van der Waals surface area contributed by atoms with Crippen molar-refractivity contribution in [1.29, 1.82) is 0 Å². The minimum Gasteiger partial charge on any atom is -0.496 e.